The minimum Gasteiger partial charge on any atom is -0.325 e. The summed E-state index contributed by atoms with van der Waals surface area (Å²) in [5.74, 6) is -0.275. The molecule has 3 rings (SSSR count). The molecule has 1 amide bonds. The van der Waals surface area contributed by atoms with Crippen molar-refractivity contribution in [3.8, 4) is 11.1 Å². The summed E-state index contributed by atoms with van der Waals surface area (Å²) in [5, 5.41) is 2.85. The zero-order chi connectivity index (χ0) is 13.6. The molecule has 0 bridgehead atoms. The molecule has 2 aromatic rings. The molecule has 1 N–H and O–H groups in total. The van der Waals surface area contributed by atoms with E-state index in [2.05, 4.69) is 5.32 Å². The molecule has 0 radical (unpaired) electrons. The second-order valence-corrected chi connectivity index (χ2v) is 4.99. The van der Waals surface area contributed by atoms with Crippen LogP contribution in [0.1, 0.15) is 16.7 Å². The van der Waals surface area contributed by atoms with E-state index in [0.717, 1.165) is 27.9 Å². The summed E-state index contributed by atoms with van der Waals surface area (Å²) in [6.07, 6.45) is 0.319. The second-order valence-electron chi connectivity index (χ2n) is 4.99. The first-order valence-corrected chi connectivity index (χ1v) is 6.25. The van der Waals surface area contributed by atoms with E-state index in [9.17, 15) is 9.18 Å². The van der Waals surface area contributed by atoms with Crippen molar-refractivity contribution in [3.05, 3.63) is 52.8 Å². The number of amides is 1. The topological polar surface area (TPSA) is 29.1 Å². The van der Waals surface area contributed by atoms with Crippen molar-refractivity contribution in [2.24, 2.45) is 0 Å². The molecule has 1 aliphatic heterocycles. The van der Waals surface area contributed by atoms with Crippen LogP contribution in [0.2, 0.25) is 0 Å². The molecule has 1 aliphatic rings. The Morgan fingerprint density at radius 3 is 2.58 bits per heavy atom. The molecular formula is C16H14FNO. The number of benzene rings is 2. The first kappa shape index (κ1) is 11.9. The van der Waals surface area contributed by atoms with Gasteiger partial charge in [-0.05, 0) is 42.2 Å². The third-order valence-corrected chi connectivity index (χ3v) is 3.54. The highest BCUT2D eigenvalue weighted by Crippen LogP contribution is 2.36. The van der Waals surface area contributed by atoms with Gasteiger partial charge in [-0.15, -0.1) is 0 Å². The van der Waals surface area contributed by atoms with Crippen LogP contribution in [-0.4, -0.2) is 5.91 Å². The van der Waals surface area contributed by atoms with Gasteiger partial charge in [-0.25, -0.2) is 4.39 Å². The number of nitrogens with one attached hydrogen (secondary N) is 1. The van der Waals surface area contributed by atoms with Gasteiger partial charge < -0.3 is 5.32 Å². The van der Waals surface area contributed by atoms with E-state index >= 15 is 0 Å². The van der Waals surface area contributed by atoms with Crippen LogP contribution >= 0.6 is 0 Å². The molecular weight excluding hydrogens is 241 g/mol. The smallest absolute Gasteiger partial charge is 0.228 e. The van der Waals surface area contributed by atoms with E-state index in [0.29, 0.717) is 12.0 Å². The molecule has 0 aromatic heterocycles. The number of hydrogen-bond donors (Lipinski definition) is 1. The number of rotatable bonds is 1. The number of carbonyl (C=O) groups excluding carboxylic acids is 1. The van der Waals surface area contributed by atoms with Crippen LogP contribution in [0.3, 0.4) is 0 Å². The Morgan fingerprint density at radius 2 is 1.84 bits per heavy atom. The van der Waals surface area contributed by atoms with Crippen LogP contribution in [0.25, 0.3) is 11.1 Å². The summed E-state index contributed by atoms with van der Waals surface area (Å²) in [5.41, 5.74) is 4.99. The van der Waals surface area contributed by atoms with E-state index in [1.54, 1.807) is 6.07 Å². The Balaban J connectivity index is 2.22. The summed E-state index contributed by atoms with van der Waals surface area (Å²) < 4.78 is 14.1. The molecule has 3 heteroatoms. The number of aryl methyl sites for hydroxylation is 2. The van der Waals surface area contributed by atoms with Crippen LogP contribution in [0, 0.1) is 19.7 Å². The molecule has 0 saturated heterocycles. The Hall–Kier alpha value is -2.16. The molecule has 1 heterocycles. The number of carbonyl (C=O) groups is 1. The van der Waals surface area contributed by atoms with Gasteiger partial charge in [-0.1, -0.05) is 24.3 Å². The zero-order valence-corrected chi connectivity index (χ0v) is 10.9. The Bertz CT molecular complexity index is 691. The van der Waals surface area contributed by atoms with Gasteiger partial charge in [-0.3, -0.25) is 4.79 Å². The van der Waals surface area contributed by atoms with Crippen molar-refractivity contribution in [1.82, 2.24) is 0 Å². The second kappa shape index (κ2) is 4.19. The van der Waals surface area contributed by atoms with Crippen LogP contribution in [-0.2, 0) is 11.2 Å². The van der Waals surface area contributed by atoms with Crippen molar-refractivity contribution >= 4 is 11.6 Å². The van der Waals surface area contributed by atoms with Crippen molar-refractivity contribution in [3.63, 3.8) is 0 Å². The van der Waals surface area contributed by atoms with Crippen molar-refractivity contribution in [1.29, 1.82) is 0 Å². The minimum atomic E-state index is -0.245. The lowest BCUT2D eigenvalue weighted by atomic mass is 9.95. The number of hydrogen-bond acceptors (Lipinski definition) is 1. The van der Waals surface area contributed by atoms with Crippen LogP contribution in [0.15, 0.2) is 30.3 Å². The van der Waals surface area contributed by atoms with Gasteiger partial charge in [0.25, 0.3) is 0 Å². The van der Waals surface area contributed by atoms with Gasteiger partial charge in [-0.2, -0.15) is 0 Å². The van der Waals surface area contributed by atoms with Gasteiger partial charge in [0.15, 0.2) is 0 Å². The summed E-state index contributed by atoms with van der Waals surface area (Å²) in [4.78, 5) is 11.6. The highest BCUT2D eigenvalue weighted by atomic mass is 19.1. The molecule has 0 unspecified atom stereocenters. The Kier molecular flexibility index (Phi) is 2.63. The van der Waals surface area contributed by atoms with E-state index < -0.39 is 0 Å². The maximum atomic E-state index is 14.1. The molecule has 19 heavy (non-hydrogen) atoms. The largest absolute Gasteiger partial charge is 0.325 e. The minimum absolute atomic E-state index is 0.0296. The van der Waals surface area contributed by atoms with Gasteiger partial charge in [0, 0.05) is 11.3 Å². The molecule has 0 fully saturated rings. The maximum Gasteiger partial charge on any atom is 0.228 e. The number of halogens is 1. The average molecular weight is 255 g/mol. The van der Waals surface area contributed by atoms with Gasteiger partial charge >= 0.3 is 0 Å². The monoisotopic (exact) mass is 255 g/mol. The third-order valence-electron chi connectivity index (χ3n) is 3.54. The maximum absolute atomic E-state index is 14.1. The molecule has 2 nitrogen and oxygen atoms in total. The van der Waals surface area contributed by atoms with Crippen molar-refractivity contribution < 1.29 is 9.18 Å². The predicted octanol–water partition coefficient (Wildman–Crippen LogP) is 3.60. The van der Waals surface area contributed by atoms with Crippen LogP contribution in [0.4, 0.5) is 10.1 Å². The normalized spacial score (nSPS) is 13.3. The molecule has 0 atom stereocenters. The average Bonchev–Trinajstić information content (AvgIpc) is 2.73. The first-order chi connectivity index (χ1) is 9.06. The van der Waals surface area contributed by atoms with Crippen molar-refractivity contribution in [2.75, 3.05) is 5.32 Å². The summed E-state index contributed by atoms with van der Waals surface area (Å²) in [6, 6.07) is 8.99. The van der Waals surface area contributed by atoms with E-state index in [1.165, 1.54) is 6.07 Å². The standard InChI is InChI=1S/C16H14FNO/c1-9-3-5-12(14(17)7-9)11-6-4-10(2)16-13(11)8-15(19)18-16/h3-7H,8H2,1-2H3,(H,18,19). The highest BCUT2D eigenvalue weighted by Gasteiger charge is 2.24. The highest BCUT2D eigenvalue weighted by molar-refractivity contribution is 6.02. The van der Waals surface area contributed by atoms with E-state index in [1.807, 2.05) is 32.0 Å². The van der Waals surface area contributed by atoms with Crippen LogP contribution in [0.5, 0.6) is 0 Å². The van der Waals surface area contributed by atoms with E-state index in [4.69, 9.17) is 0 Å². The fourth-order valence-corrected chi connectivity index (χ4v) is 2.56. The first-order valence-electron chi connectivity index (χ1n) is 6.25. The fraction of sp³-hybridized carbons (Fsp3) is 0.188. The quantitative estimate of drug-likeness (QED) is 0.828. The van der Waals surface area contributed by atoms with Crippen LogP contribution < -0.4 is 5.32 Å². The lowest BCUT2D eigenvalue weighted by molar-refractivity contribution is -0.115. The molecule has 0 aliphatic carbocycles. The van der Waals surface area contributed by atoms with Crippen molar-refractivity contribution in [2.45, 2.75) is 20.3 Å². The molecule has 2 aromatic carbocycles. The predicted molar refractivity (Wildman–Crippen MR) is 73.6 cm³/mol. The summed E-state index contributed by atoms with van der Waals surface area (Å²) >= 11 is 0. The third kappa shape index (κ3) is 1.91. The Morgan fingerprint density at radius 1 is 1.11 bits per heavy atom. The fourth-order valence-electron chi connectivity index (χ4n) is 2.56. The Labute approximate surface area is 111 Å². The SMILES string of the molecule is Cc1ccc(-c2ccc(C)c3c2CC(=O)N3)c(F)c1. The van der Waals surface area contributed by atoms with Gasteiger partial charge in [0.1, 0.15) is 5.82 Å². The summed E-state index contributed by atoms with van der Waals surface area (Å²) in [7, 11) is 0. The van der Waals surface area contributed by atoms with Gasteiger partial charge in [0.05, 0.1) is 6.42 Å². The lowest BCUT2D eigenvalue weighted by Gasteiger charge is -2.11. The summed E-state index contributed by atoms with van der Waals surface area (Å²) in [6.45, 7) is 3.80. The van der Waals surface area contributed by atoms with E-state index in [-0.39, 0.29) is 11.7 Å². The molecule has 0 spiro atoms. The molecule has 0 saturated carbocycles. The molecule has 96 valence electrons. The lowest BCUT2D eigenvalue weighted by Crippen LogP contribution is -2.04. The van der Waals surface area contributed by atoms with Gasteiger partial charge in [0.2, 0.25) is 5.91 Å². The zero-order valence-electron chi connectivity index (χ0n) is 10.9. The number of anilines is 1. The number of fused-ring (bicyclic) bond motifs is 1.